The number of benzene rings is 1. The molecule has 1 aromatic heterocycles. The highest BCUT2D eigenvalue weighted by Crippen LogP contribution is 2.38. The minimum atomic E-state index is 0.00482. The van der Waals surface area contributed by atoms with E-state index >= 15 is 0 Å². The lowest BCUT2D eigenvalue weighted by Gasteiger charge is -2.23. The first kappa shape index (κ1) is 13.9. The monoisotopic (exact) mass is 320 g/mol. The fraction of sp³-hybridized carbons (Fsp3) is 0.267. The van der Waals surface area contributed by atoms with Crippen molar-refractivity contribution in [3.63, 3.8) is 0 Å². The zero-order valence-electron chi connectivity index (χ0n) is 11.3. The summed E-state index contributed by atoms with van der Waals surface area (Å²) in [7, 11) is 0. The molecule has 0 aliphatic rings. The largest absolute Gasteiger partial charge is 0.454 e. The van der Waals surface area contributed by atoms with Gasteiger partial charge in [-0.2, -0.15) is 0 Å². The Bertz CT molecular complexity index is 571. The molecule has 100 valence electrons. The molecule has 0 amide bonds. The lowest BCUT2D eigenvalue weighted by atomic mass is 9.86. The van der Waals surface area contributed by atoms with Gasteiger partial charge in [-0.05, 0) is 27.4 Å². The highest BCUT2D eigenvalue weighted by molar-refractivity contribution is 9.10. The molecule has 0 fully saturated rings. The third kappa shape index (κ3) is 3.07. The van der Waals surface area contributed by atoms with Gasteiger partial charge in [0.1, 0.15) is 5.75 Å². The molecule has 0 saturated carbocycles. The molecular weight excluding hydrogens is 304 g/mol. The Labute approximate surface area is 121 Å². The molecule has 0 radical (unpaired) electrons. The van der Waals surface area contributed by atoms with Crippen molar-refractivity contribution in [1.82, 2.24) is 4.98 Å². The number of para-hydroxylation sites is 1. The number of nitrogens with zero attached hydrogens (tertiary/aromatic N) is 1. The van der Waals surface area contributed by atoms with Gasteiger partial charge in [0.2, 0.25) is 0 Å². The maximum absolute atomic E-state index is 5.99. The summed E-state index contributed by atoms with van der Waals surface area (Å²) in [4.78, 5) is 4.01. The minimum Gasteiger partial charge on any atom is -0.454 e. The number of nitrogens with two attached hydrogens (primary N) is 1. The summed E-state index contributed by atoms with van der Waals surface area (Å²) in [5, 5.41) is 0. The van der Waals surface area contributed by atoms with E-state index in [1.165, 1.54) is 0 Å². The Morgan fingerprint density at radius 2 is 1.84 bits per heavy atom. The van der Waals surface area contributed by atoms with Crippen LogP contribution in [0, 0.1) is 0 Å². The van der Waals surface area contributed by atoms with Gasteiger partial charge in [0, 0.05) is 11.8 Å². The summed E-state index contributed by atoms with van der Waals surface area (Å²) in [5.41, 5.74) is 7.56. The van der Waals surface area contributed by atoms with E-state index in [-0.39, 0.29) is 5.41 Å². The van der Waals surface area contributed by atoms with Crippen LogP contribution >= 0.6 is 15.9 Å². The van der Waals surface area contributed by atoms with Crippen molar-refractivity contribution < 1.29 is 4.74 Å². The molecule has 3 nitrogen and oxygen atoms in total. The van der Waals surface area contributed by atoms with Crippen molar-refractivity contribution in [3.8, 4) is 11.5 Å². The van der Waals surface area contributed by atoms with E-state index < -0.39 is 0 Å². The molecular formula is C15H17BrN2O. The Kier molecular flexibility index (Phi) is 3.80. The molecule has 2 rings (SSSR count). The van der Waals surface area contributed by atoms with Gasteiger partial charge < -0.3 is 10.5 Å². The van der Waals surface area contributed by atoms with Crippen LogP contribution in [0.15, 0.2) is 41.1 Å². The van der Waals surface area contributed by atoms with Crippen LogP contribution in [0.1, 0.15) is 26.3 Å². The molecule has 0 aliphatic carbocycles. The van der Waals surface area contributed by atoms with Crippen molar-refractivity contribution in [1.29, 1.82) is 0 Å². The Morgan fingerprint density at radius 1 is 1.16 bits per heavy atom. The van der Waals surface area contributed by atoms with Crippen molar-refractivity contribution in [2.75, 3.05) is 5.73 Å². The first-order valence-electron chi connectivity index (χ1n) is 6.06. The van der Waals surface area contributed by atoms with Crippen LogP contribution in [0.3, 0.4) is 0 Å². The Hall–Kier alpha value is -1.55. The van der Waals surface area contributed by atoms with Gasteiger partial charge in [-0.15, -0.1) is 0 Å². The first-order valence-corrected chi connectivity index (χ1v) is 6.85. The molecule has 0 atom stereocenters. The van der Waals surface area contributed by atoms with Crippen LogP contribution in [0.5, 0.6) is 11.5 Å². The molecule has 1 aromatic carbocycles. The summed E-state index contributed by atoms with van der Waals surface area (Å²) in [6.07, 6.45) is 3.26. The van der Waals surface area contributed by atoms with E-state index in [0.717, 1.165) is 15.8 Å². The summed E-state index contributed by atoms with van der Waals surface area (Å²) < 4.78 is 6.73. The molecule has 0 unspecified atom stereocenters. The van der Waals surface area contributed by atoms with E-state index in [1.54, 1.807) is 12.4 Å². The average Bonchev–Trinajstić information content (AvgIpc) is 2.33. The van der Waals surface area contributed by atoms with Crippen molar-refractivity contribution in [2.24, 2.45) is 0 Å². The molecule has 19 heavy (non-hydrogen) atoms. The van der Waals surface area contributed by atoms with Gasteiger partial charge in [-0.3, -0.25) is 4.98 Å². The Morgan fingerprint density at radius 3 is 2.47 bits per heavy atom. The number of halogens is 1. The Balaban J connectivity index is 2.45. The third-order valence-corrected chi connectivity index (χ3v) is 3.35. The van der Waals surface area contributed by atoms with Gasteiger partial charge in [-0.25, -0.2) is 0 Å². The van der Waals surface area contributed by atoms with E-state index in [2.05, 4.69) is 47.8 Å². The van der Waals surface area contributed by atoms with Gasteiger partial charge in [0.25, 0.3) is 0 Å². The highest BCUT2D eigenvalue weighted by atomic mass is 79.9. The summed E-state index contributed by atoms with van der Waals surface area (Å²) in [6, 6.07) is 7.99. The lowest BCUT2D eigenvalue weighted by molar-refractivity contribution is 0.454. The van der Waals surface area contributed by atoms with Crippen LogP contribution in [0.2, 0.25) is 0 Å². The summed E-state index contributed by atoms with van der Waals surface area (Å²) in [6.45, 7) is 6.46. The van der Waals surface area contributed by atoms with E-state index in [1.807, 2.05) is 18.2 Å². The average molecular weight is 321 g/mol. The SMILES string of the molecule is CC(C)(C)c1ccccc1Oc1c(N)cncc1Br. The summed E-state index contributed by atoms with van der Waals surface area (Å²) >= 11 is 3.41. The van der Waals surface area contributed by atoms with Crippen LogP contribution in [0.4, 0.5) is 5.69 Å². The van der Waals surface area contributed by atoms with E-state index in [0.29, 0.717) is 11.4 Å². The molecule has 2 aromatic rings. The standard InChI is InChI=1S/C15H17BrN2O/c1-15(2,3)10-6-4-5-7-13(10)19-14-11(16)8-18-9-12(14)17/h4-9H,17H2,1-3H3. The number of rotatable bonds is 2. The smallest absolute Gasteiger partial charge is 0.167 e. The molecule has 4 heteroatoms. The predicted molar refractivity (Wildman–Crippen MR) is 81.6 cm³/mol. The van der Waals surface area contributed by atoms with Crippen molar-refractivity contribution >= 4 is 21.6 Å². The first-order chi connectivity index (χ1) is 8.89. The van der Waals surface area contributed by atoms with Crippen molar-refractivity contribution in [3.05, 3.63) is 46.7 Å². The van der Waals surface area contributed by atoms with E-state index in [9.17, 15) is 0 Å². The number of aromatic nitrogens is 1. The molecule has 2 N–H and O–H groups in total. The second-order valence-corrected chi connectivity index (χ2v) is 6.24. The minimum absolute atomic E-state index is 0.00482. The number of hydrogen-bond donors (Lipinski definition) is 1. The zero-order chi connectivity index (χ0) is 14.0. The van der Waals surface area contributed by atoms with E-state index in [4.69, 9.17) is 10.5 Å². The normalized spacial score (nSPS) is 11.4. The van der Waals surface area contributed by atoms with Crippen molar-refractivity contribution in [2.45, 2.75) is 26.2 Å². The van der Waals surface area contributed by atoms with Crippen LogP contribution < -0.4 is 10.5 Å². The molecule has 0 bridgehead atoms. The van der Waals surface area contributed by atoms with Gasteiger partial charge in [0.05, 0.1) is 16.4 Å². The predicted octanol–water partition coefficient (Wildman–Crippen LogP) is 4.52. The van der Waals surface area contributed by atoms with Crippen LogP contribution in [-0.2, 0) is 5.41 Å². The molecule has 1 heterocycles. The quantitative estimate of drug-likeness (QED) is 0.885. The number of ether oxygens (including phenoxy) is 1. The number of nitrogen functional groups attached to an aromatic ring is 1. The topological polar surface area (TPSA) is 48.1 Å². The summed E-state index contributed by atoms with van der Waals surface area (Å²) in [5.74, 6) is 1.42. The molecule has 0 spiro atoms. The molecule has 0 aliphatic heterocycles. The van der Waals surface area contributed by atoms with Gasteiger partial charge >= 0.3 is 0 Å². The fourth-order valence-corrected chi connectivity index (χ4v) is 2.26. The number of anilines is 1. The van der Waals surface area contributed by atoms with Gasteiger partial charge in [0.15, 0.2) is 5.75 Å². The third-order valence-electron chi connectivity index (χ3n) is 2.79. The second-order valence-electron chi connectivity index (χ2n) is 5.39. The van der Waals surface area contributed by atoms with Crippen LogP contribution in [-0.4, -0.2) is 4.98 Å². The number of pyridine rings is 1. The maximum atomic E-state index is 5.99. The molecule has 0 saturated heterocycles. The van der Waals surface area contributed by atoms with Gasteiger partial charge in [-0.1, -0.05) is 39.0 Å². The van der Waals surface area contributed by atoms with Crippen LogP contribution in [0.25, 0.3) is 0 Å². The maximum Gasteiger partial charge on any atom is 0.167 e. The fourth-order valence-electron chi connectivity index (χ4n) is 1.83. The lowest BCUT2D eigenvalue weighted by Crippen LogP contribution is -2.12. The second kappa shape index (κ2) is 5.21. The zero-order valence-corrected chi connectivity index (χ0v) is 12.9. The number of hydrogen-bond acceptors (Lipinski definition) is 3. The highest BCUT2D eigenvalue weighted by Gasteiger charge is 2.19.